The van der Waals surface area contributed by atoms with Gasteiger partial charge in [-0.3, -0.25) is 9.59 Å². The maximum Gasteiger partial charge on any atom is 0.221 e. The summed E-state index contributed by atoms with van der Waals surface area (Å²) in [5.41, 5.74) is 1.45. The van der Waals surface area contributed by atoms with Crippen LogP contribution in [-0.2, 0) is 9.59 Å². The minimum absolute atomic E-state index is 0.0905. The van der Waals surface area contributed by atoms with Crippen molar-refractivity contribution in [2.24, 2.45) is 0 Å². The Balaban J connectivity index is 0.000000220. The Morgan fingerprint density at radius 3 is 1.41 bits per heavy atom. The van der Waals surface area contributed by atoms with Gasteiger partial charge < -0.3 is 10.6 Å². The van der Waals surface area contributed by atoms with Gasteiger partial charge in [0, 0.05) is 35.3 Å². The Morgan fingerprint density at radius 2 is 1.14 bits per heavy atom. The van der Waals surface area contributed by atoms with Crippen molar-refractivity contribution < 1.29 is 9.59 Å². The highest BCUT2D eigenvalue weighted by Gasteiger charge is 1.95. The van der Waals surface area contributed by atoms with Gasteiger partial charge in [0.15, 0.2) is 0 Å². The van der Waals surface area contributed by atoms with Crippen molar-refractivity contribution in [3.63, 3.8) is 0 Å². The first-order valence-electron chi connectivity index (χ1n) is 6.43. The molecule has 0 aliphatic carbocycles. The first-order valence-corrected chi connectivity index (χ1v) is 7.18. The molecule has 0 atom stereocenters. The van der Waals surface area contributed by atoms with Crippen LogP contribution in [0.4, 0.5) is 11.4 Å². The van der Waals surface area contributed by atoms with Crippen LogP contribution in [0.1, 0.15) is 13.8 Å². The minimum atomic E-state index is -0.0905. The van der Waals surface area contributed by atoms with E-state index in [0.29, 0.717) is 10.0 Å². The molecule has 6 heteroatoms. The summed E-state index contributed by atoms with van der Waals surface area (Å²) in [6.07, 6.45) is 0. The molecule has 4 nitrogen and oxygen atoms in total. The highest BCUT2D eigenvalue weighted by molar-refractivity contribution is 6.31. The van der Waals surface area contributed by atoms with Gasteiger partial charge in [-0.1, -0.05) is 35.3 Å². The molecule has 0 saturated carbocycles. The molecule has 2 aromatic carbocycles. The molecule has 0 radical (unpaired) electrons. The Morgan fingerprint density at radius 1 is 0.773 bits per heavy atom. The monoisotopic (exact) mass is 338 g/mol. The lowest BCUT2D eigenvalue weighted by Crippen LogP contribution is -2.05. The molecule has 2 amide bonds. The van der Waals surface area contributed by atoms with E-state index in [9.17, 15) is 9.59 Å². The number of rotatable bonds is 2. The predicted molar refractivity (Wildman–Crippen MR) is 91.5 cm³/mol. The molecular weight excluding hydrogens is 323 g/mol. The van der Waals surface area contributed by atoms with E-state index < -0.39 is 0 Å². The topological polar surface area (TPSA) is 58.2 Å². The zero-order chi connectivity index (χ0) is 16.5. The van der Waals surface area contributed by atoms with Crippen LogP contribution in [0.5, 0.6) is 0 Å². The van der Waals surface area contributed by atoms with Crippen LogP contribution in [-0.4, -0.2) is 11.8 Å². The van der Waals surface area contributed by atoms with E-state index in [-0.39, 0.29) is 11.8 Å². The standard InChI is InChI=1S/2C8H8ClNO/c2*1-6(11)10-8-4-2-3-7(9)5-8/h2*2-5H,1H3,(H,10,11). The first kappa shape index (κ1) is 18.0. The van der Waals surface area contributed by atoms with Gasteiger partial charge in [-0.2, -0.15) is 0 Å². The van der Waals surface area contributed by atoms with Gasteiger partial charge in [-0.05, 0) is 36.4 Å². The fraction of sp³-hybridized carbons (Fsp3) is 0.125. The third kappa shape index (κ3) is 7.67. The van der Waals surface area contributed by atoms with Crippen molar-refractivity contribution in [2.75, 3.05) is 10.6 Å². The van der Waals surface area contributed by atoms with E-state index in [0.717, 1.165) is 11.4 Å². The fourth-order valence-electron chi connectivity index (χ4n) is 1.54. The van der Waals surface area contributed by atoms with Gasteiger partial charge in [-0.15, -0.1) is 0 Å². The number of carbonyl (C=O) groups excluding carboxylic acids is 2. The predicted octanol–water partition coefficient (Wildman–Crippen LogP) is 4.60. The van der Waals surface area contributed by atoms with Crippen molar-refractivity contribution in [2.45, 2.75) is 13.8 Å². The second-order valence-corrected chi connectivity index (χ2v) is 5.26. The molecule has 22 heavy (non-hydrogen) atoms. The zero-order valence-electron chi connectivity index (χ0n) is 12.2. The Bertz CT molecular complexity index is 603. The minimum Gasteiger partial charge on any atom is -0.326 e. The lowest BCUT2D eigenvalue weighted by molar-refractivity contribution is -0.115. The summed E-state index contributed by atoms with van der Waals surface area (Å²) in [5.74, 6) is -0.181. The van der Waals surface area contributed by atoms with Crippen LogP contribution >= 0.6 is 23.2 Å². The Hall–Kier alpha value is -2.04. The first-order chi connectivity index (χ1) is 10.4. The highest BCUT2D eigenvalue weighted by Crippen LogP contribution is 2.15. The van der Waals surface area contributed by atoms with E-state index in [1.165, 1.54) is 13.8 Å². The maximum absolute atomic E-state index is 10.6. The number of hydrogen-bond donors (Lipinski definition) is 2. The molecule has 0 aromatic heterocycles. The van der Waals surface area contributed by atoms with E-state index >= 15 is 0 Å². The van der Waals surface area contributed by atoms with Crippen molar-refractivity contribution in [1.29, 1.82) is 0 Å². The molecule has 0 saturated heterocycles. The molecular formula is C16H16Cl2N2O2. The van der Waals surface area contributed by atoms with E-state index in [2.05, 4.69) is 10.6 Å². The van der Waals surface area contributed by atoms with Crippen molar-refractivity contribution >= 4 is 46.4 Å². The molecule has 0 spiro atoms. The van der Waals surface area contributed by atoms with E-state index in [1.54, 1.807) is 48.5 Å². The average Bonchev–Trinajstić information content (AvgIpc) is 2.37. The van der Waals surface area contributed by atoms with Gasteiger partial charge >= 0.3 is 0 Å². The molecule has 116 valence electrons. The third-order valence-corrected chi connectivity index (χ3v) is 2.76. The number of benzene rings is 2. The summed E-state index contributed by atoms with van der Waals surface area (Å²) in [7, 11) is 0. The molecule has 0 unspecified atom stereocenters. The van der Waals surface area contributed by atoms with Crippen LogP contribution < -0.4 is 10.6 Å². The molecule has 0 aliphatic heterocycles. The van der Waals surface area contributed by atoms with Crippen molar-refractivity contribution in [3.8, 4) is 0 Å². The Kier molecular flexibility index (Phi) is 7.43. The lowest BCUT2D eigenvalue weighted by Gasteiger charge is -2.00. The molecule has 2 rings (SSSR count). The summed E-state index contributed by atoms with van der Waals surface area (Å²) in [6.45, 7) is 2.92. The lowest BCUT2D eigenvalue weighted by atomic mass is 10.3. The summed E-state index contributed by atoms with van der Waals surface area (Å²) < 4.78 is 0. The zero-order valence-corrected chi connectivity index (χ0v) is 13.7. The third-order valence-electron chi connectivity index (χ3n) is 2.29. The summed E-state index contributed by atoms with van der Waals surface area (Å²) in [6, 6.07) is 14.0. The number of anilines is 2. The summed E-state index contributed by atoms with van der Waals surface area (Å²) in [5, 5.41) is 6.49. The molecule has 0 heterocycles. The number of amides is 2. The van der Waals surface area contributed by atoms with Crippen LogP contribution in [0.15, 0.2) is 48.5 Å². The molecule has 0 bridgehead atoms. The number of halogens is 2. The second kappa shape index (κ2) is 9.07. The average molecular weight is 339 g/mol. The molecule has 2 aromatic rings. The van der Waals surface area contributed by atoms with Crippen LogP contribution in [0.25, 0.3) is 0 Å². The normalized spacial score (nSPS) is 9.27. The molecule has 2 N–H and O–H groups in total. The smallest absolute Gasteiger partial charge is 0.221 e. The number of hydrogen-bond acceptors (Lipinski definition) is 2. The van der Waals surface area contributed by atoms with Gasteiger partial charge in [0.1, 0.15) is 0 Å². The van der Waals surface area contributed by atoms with Crippen LogP contribution in [0.3, 0.4) is 0 Å². The van der Waals surface area contributed by atoms with Crippen molar-refractivity contribution in [1.82, 2.24) is 0 Å². The highest BCUT2D eigenvalue weighted by atomic mass is 35.5. The van der Waals surface area contributed by atoms with E-state index in [4.69, 9.17) is 23.2 Å². The van der Waals surface area contributed by atoms with E-state index in [1.807, 2.05) is 0 Å². The van der Waals surface area contributed by atoms with Gasteiger partial charge in [0.05, 0.1) is 0 Å². The van der Waals surface area contributed by atoms with Crippen molar-refractivity contribution in [3.05, 3.63) is 58.6 Å². The maximum atomic E-state index is 10.6. The summed E-state index contributed by atoms with van der Waals surface area (Å²) >= 11 is 11.4. The van der Waals surface area contributed by atoms with Gasteiger partial charge in [0.25, 0.3) is 0 Å². The molecule has 0 aliphatic rings. The number of carbonyl (C=O) groups is 2. The van der Waals surface area contributed by atoms with Crippen LogP contribution in [0.2, 0.25) is 10.0 Å². The Labute approximate surface area is 139 Å². The fourth-order valence-corrected chi connectivity index (χ4v) is 1.92. The number of nitrogens with one attached hydrogen (secondary N) is 2. The summed E-state index contributed by atoms with van der Waals surface area (Å²) in [4.78, 5) is 21.1. The largest absolute Gasteiger partial charge is 0.326 e. The second-order valence-electron chi connectivity index (χ2n) is 4.38. The quantitative estimate of drug-likeness (QED) is 0.840. The SMILES string of the molecule is CC(=O)Nc1cccc(Cl)c1.CC(=O)Nc1cccc(Cl)c1. The van der Waals surface area contributed by atoms with Crippen LogP contribution in [0, 0.1) is 0 Å². The van der Waals surface area contributed by atoms with Gasteiger partial charge in [0.2, 0.25) is 11.8 Å². The van der Waals surface area contributed by atoms with Gasteiger partial charge in [-0.25, -0.2) is 0 Å². The molecule has 0 fully saturated rings.